The summed E-state index contributed by atoms with van der Waals surface area (Å²) in [6, 6.07) is 6.01. The minimum absolute atomic E-state index is 0.308. The molecule has 120 valence electrons. The highest BCUT2D eigenvalue weighted by Gasteiger charge is 2.24. The zero-order chi connectivity index (χ0) is 15.4. The van der Waals surface area contributed by atoms with E-state index in [4.69, 9.17) is 14.2 Å². The lowest BCUT2D eigenvalue weighted by Gasteiger charge is -2.21. The van der Waals surface area contributed by atoms with Gasteiger partial charge in [-0.25, -0.2) is 0 Å². The molecule has 2 aliphatic rings. The number of aliphatic imine (C=N–C) groups is 1. The summed E-state index contributed by atoms with van der Waals surface area (Å²) in [5.41, 5.74) is 1.15. The predicted octanol–water partition coefficient (Wildman–Crippen LogP) is 1.46. The van der Waals surface area contributed by atoms with Crippen LogP contribution in [0.2, 0.25) is 0 Å². The van der Waals surface area contributed by atoms with Crippen molar-refractivity contribution >= 4 is 5.96 Å². The number of ether oxygens (including phenoxy) is 3. The van der Waals surface area contributed by atoms with E-state index in [0.717, 1.165) is 55.7 Å². The van der Waals surface area contributed by atoms with Crippen molar-refractivity contribution in [3.63, 3.8) is 0 Å². The Morgan fingerprint density at radius 1 is 1.41 bits per heavy atom. The van der Waals surface area contributed by atoms with Gasteiger partial charge in [0.1, 0.15) is 0 Å². The smallest absolute Gasteiger partial charge is 0.231 e. The van der Waals surface area contributed by atoms with Crippen molar-refractivity contribution in [3.8, 4) is 11.5 Å². The second-order valence-corrected chi connectivity index (χ2v) is 5.64. The predicted molar refractivity (Wildman–Crippen MR) is 84.3 cm³/mol. The minimum Gasteiger partial charge on any atom is -0.454 e. The number of hydrogen-bond acceptors (Lipinski definition) is 4. The quantitative estimate of drug-likeness (QED) is 0.674. The summed E-state index contributed by atoms with van der Waals surface area (Å²) in [5.74, 6) is 3.16. The molecule has 1 aromatic carbocycles. The van der Waals surface area contributed by atoms with Gasteiger partial charge in [-0.05, 0) is 24.1 Å². The average molecular weight is 305 g/mol. The van der Waals surface area contributed by atoms with E-state index in [1.807, 2.05) is 25.2 Å². The number of nitrogens with one attached hydrogen (secondary N) is 1. The highest BCUT2D eigenvalue weighted by molar-refractivity contribution is 5.80. The van der Waals surface area contributed by atoms with Gasteiger partial charge >= 0.3 is 0 Å². The Balaban J connectivity index is 1.55. The molecule has 1 aromatic rings. The normalized spacial score (nSPS) is 20.5. The molecule has 2 aliphatic heterocycles. The molecule has 1 N–H and O–H groups in total. The van der Waals surface area contributed by atoms with Crippen LogP contribution in [0, 0.1) is 5.92 Å². The Labute approximate surface area is 131 Å². The monoisotopic (exact) mass is 305 g/mol. The fourth-order valence-corrected chi connectivity index (χ4v) is 2.96. The molecular weight excluding hydrogens is 282 g/mol. The van der Waals surface area contributed by atoms with Gasteiger partial charge in [0.25, 0.3) is 0 Å². The fraction of sp³-hybridized carbons (Fsp3) is 0.562. The third-order valence-corrected chi connectivity index (χ3v) is 4.09. The van der Waals surface area contributed by atoms with E-state index in [0.29, 0.717) is 12.7 Å². The van der Waals surface area contributed by atoms with E-state index in [1.54, 1.807) is 7.11 Å². The fourth-order valence-electron chi connectivity index (χ4n) is 2.96. The van der Waals surface area contributed by atoms with Gasteiger partial charge in [0.2, 0.25) is 6.79 Å². The number of likely N-dealkylation sites (tertiary alicyclic amines) is 1. The molecule has 6 heteroatoms. The molecule has 0 aromatic heterocycles. The van der Waals surface area contributed by atoms with E-state index in [1.165, 1.54) is 0 Å². The molecule has 1 atom stereocenters. The number of fused-ring (bicyclic) bond motifs is 1. The molecule has 1 unspecified atom stereocenters. The number of hydrogen-bond donors (Lipinski definition) is 1. The maximum absolute atomic E-state index is 5.41. The molecule has 22 heavy (non-hydrogen) atoms. The Morgan fingerprint density at radius 2 is 2.27 bits per heavy atom. The summed E-state index contributed by atoms with van der Waals surface area (Å²) in [6.07, 6.45) is 1.15. The Hall–Kier alpha value is -1.95. The topological polar surface area (TPSA) is 55.3 Å². The third kappa shape index (κ3) is 3.27. The number of methoxy groups -OCH3 is 1. The van der Waals surface area contributed by atoms with Gasteiger partial charge in [0.15, 0.2) is 17.5 Å². The van der Waals surface area contributed by atoms with Crippen molar-refractivity contribution in [2.24, 2.45) is 10.9 Å². The first-order valence-electron chi connectivity index (χ1n) is 7.63. The van der Waals surface area contributed by atoms with E-state index in [-0.39, 0.29) is 0 Å². The van der Waals surface area contributed by atoms with Crippen molar-refractivity contribution in [2.45, 2.75) is 13.0 Å². The van der Waals surface area contributed by atoms with Crippen LogP contribution >= 0.6 is 0 Å². The maximum Gasteiger partial charge on any atom is 0.231 e. The molecule has 0 radical (unpaired) electrons. The van der Waals surface area contributed by atoms with E-state index < -0.39 is 0 Å². The van der Waals surface area contributed by atoms with Crippen LogP contribution in [-0.4, -0.2) is 51.5 Å². The molecule has 1 saturated heterocycles. The van der Waals surface area contributed by atoms with Crippen LogP contribution in [-0.2, 0) is 11.3 Å². The van der Waals surface area contributed by atoms with Gasteiger partial charge in [-0.1, -0.05) is 6.07 Å². The highest BCUT2D eigenvalue weighted by Crippen LogP contribution is 2.32. The SMILES string of the molecule is CN=C(NCc1ccc2c(c1)OCO2)N1CCC(COC)C1. The molecule has 3 rings (SSSR count). The summed E-state index contributed by atoms with van der Waals surface area (Å²) in [5, 5.41) is 3.42. The summed E-state index contributed by atoms with van der Waals surface area (Å²) in [7, 11) is 3.58. The molecule has 0 bridgehead atoms. The largest absolute Gasteiger partial charge is 0.454 e. The second-order valence-electron chi connectivity index (χ2n) is 5.64. The van der Waals surface area contributed by atoms with Gasteiger partial charge in [-0.3, -0.25) is 4.99 Å². The highest BCUT2D eigenvalue weighted by atomic mass is 16.7. The summed E-state index contributed by atoms with van der Waals surface area (Å²) < 4.78 is 16.0. The molecular formula is C16H23N3O3. The lowest BCUT2D eigenvalue weighted by Crippen LogP contribution is -2.39. The van der Waals surface area contributed by atoms with E-state index in [9.17, 15) is 0 Å². The van der Waals surface area contributed by atoms with Gasteiger partial charge in [-0.2, -0.15) is 0 Å². The average Bonchev–Trinajstić information content (AvgIpc) is 3.17. The van der Waals surface area contributed by atoms with E-state index >= 15 is 0 Å². The lowest BCUT2D eigenvalue weighted by atomic mass is 10.1. The number of benzene rings is 1. The molecule has 0 saturated carbocycles. The Morgan fingerprint density at radius 3 is 3.09 bits per heavy atom. The summed E-state index contributed by atoms with van der Waals surface area (Å²) in [4.78, 5) is 6.68. The first-order chi connectivity index (χ1) is 10.8. The third-order valence-electron chi connectivity index (χ3n) is 4.09. The van der Waals surface area contributed by atoms with Crippen LogP contribution in [0.5, 0.6) is 11.5 Å². The van der Waals surface area contributed by atoms with Crippen LogP contribution < -0.4 is 14.8 Å². The van der Waals surface area contributed by atoms with Crippen LogP contribution in [0.15, 0.2) is 23.2 Å². The lowest BCUT2D eigenvalue weighted by molar-refractivity contribution is 0.157. The second kappa shape index (κ2) is 6.87. The molecule has 0 spiro atoms. The zero-order valence-electron chi connectivity index (χ0n) is 13.2. The van der Waals surface area contributed by atoms with Crippen molar-refractivity contribution < 1.29 is 14.2 Å². The van der Waals surface area contributed by atoms with Gasteiger partial charge < -0.3 is 24.4 Å². The van der Waals surface area contributed by atoms with Crippen molar-refractivity contribution in [1.29, 1.82) is 0 Å². The maximum atomic E-state index is 5.41. The Kier molecular flexibility index (Phi) is 4.68. The van der Waals surface area contributed by atoms with Crippen LogP contribution in [0.25, 0.3) is 0 Å². The number of nitrogens with zero attached hydrogens (tertiary/aromatic N) is 2. The van der Waals surface area contributed by atoms with Gasteiger partial charge in [0, 0.05) is 39.7 Å². The van der Waals surface area contributed by atoms with Crippen molar-refractivity contribution in [1.82, 2.24) is 10.2 Å². The van der Waals surface area contributed by atoms with Crippen molar-refractivity contribution in [3.05, 3.63) is 23.8 Å². The van der Waals surface area contributed by atoms with E-state index in [2.05, 4.69) is 15.2 Å². The standard InChI is InChI=1S/C16H23N3O3/c1-17-16(19-6-5-13(9-19)10-20-2)18-8-12-3-4-14-15(7-12)22-11-21-14/h3-4,7,13H,5-6,8-11H2,1-2H3,(H,17,18). The van der Waals surface area contributed by atoms with Gasteiger partial charge in [0.05, 0.1) is 6.61 Å². The molecule has 0 amide bonds. The molecule has 2 heterocycles. The van der Waals surface area contributed by atoms with Crippen LogP contribution in [0.4, 0.5) is 0 Å². The van der Waals surface area contributed by atoms with Crippen LogP contribution in [0.1, 0.15) is 12.0 Å². The summed E-state index contributed by atoms with van der Waals surface area (Å²) in [6.45, 7) is 3.86. The zero-order valence-corrected chi connectivity index (χ0v) is 13.2. The van der Waals surface area contributed by atoms with Gasteiger partial charge in [-0.15, -0.1) is 0 Å². The number of rotatable bonds is 4. The first kappa shape index (κ1) is 15.0. The summed E-state index contributed by atoms with van der Waals surface area (Å²) >= 11 is 0. The molecule has 1 fully saturated rings. The van der Waals surface area contributed by atoms with Crippen LogP contribution in [0.3, 0.4) is 0 Å². The first-order valence-corrected chi connectivity index (χ1v) is 7.63. The number of guanidine groups is 1. The minimum atomic E-state index is 0.308. The molecule has 0 aliphatic carbocycles. The van der Waals surface area contributed by atoms with Crippen molar-refractivity contribution in [2.75, 3.05) is 40.6 Å². The molecule has 6 nitrogen and oxygen atoms in total. The Bertz CT molecular complexity index is 547.